The summed E-state index contributed by atoms with van der Waals surface area (Å²) >= 11 is 0. The average Bonchev–Trinajstić information content (AvgIpc) is 3.04. The van der Waals surface area contributed by atoms with E-state index in [1.165, 1.54) is 44.2 Å². The van der Waals surface area contributed by atoms with Gasteiger partial charge in [-0.25, -0.2) is 0 Å². The second-order valence-electron chi connectivity index (χ2n) is 6.74. The minimum atomic E-state index is 1.20. The molecular formula is C25H19N. The maximum Gasteiger partial charge on any atom is 0.0570 e. The molecule has 0 atom stereocenters. The molecular weight excluding hydrogens is 314 g/mol. The zero-order valence-electron chi connectivity index (χ0n) is 14.7. The highest BCUT2D eigenvalue weighted by Crippen LogP contribution is 2.36. The highest BCUT2D eigenvalue weighted by atomic mass is 15.0. The highest BCUT2D eigenvalue weighted by molar-refractivity contribution is 6.11. The van der Waals surface area contributed by atoms with Crippen molar-refractivity contribution in [2.45, 2.75) is 6.92 Å². The van der Waals surface area contributed by atoms with Crippen molar-refractivity contribution < 1.29 is 0 Å². The third kappa shape index (κ3) is 2.25. The summed E-state index contributed by atoms with van der Waals surface area (Å²) in [5.74, 6) is 0. The van der Waals surface area contributed by atoms with E-state index in [1.807, 2.05) is 0 Å². The first kappa shape index (κ1) is 15.0. The van der Waals surface area contributed by atoms with Crippen molar-refractivity contribution in [2.24, 2.45) is 0 Å². The first-order valence-corrected chi connectivity index (χ1v) is 8.97. The van der Waals surface area contributed by atoms with Gasteiger partial charge in [0.2, 0.25) is 0 Å². The lowest BCUT2D eigenvalue weighted by atomic mass is 10.00. The van der Waals surface area contributed by atoms with E-state index in [0.717, 1.165) is 0 Å². The summed E-state index contributed by atoms with van der Waals surface area (Å²) in [7, 11) is 0. The monoisotopic (exact) mass is 333 g/mol. The molecule has 1 aromatic heterocycles. The molecule has 0 saturated heterocycles. The number of hydrogen-bond acceptors (Lipinski definition) is 0. The summed E-state index contributed by atoms with van der Waals surface area (Å²) < 4.78 is 2.38. The normalized spacial score (nSPS) is 11.3. The first-order valence-electron chi connectivity index (χ1n) is 8.97. The van der Waals surface area contributed by atoms with Crippen molar-refractivity contribution in [2.75, 3.05) is 0 Å². The van der Waals surface area contributed by atoms with Gasteiger partial charge < -0.3 is 4.57 Å². The van der Waals surface area contributed by atoms with Crippen molar-refractivity contribution in [3.05, 3.63) is 103 Å². The molecule has 124 valence electrons. The quantitative estimate of drug-likeness (QED) is 0.336. The zero-order valence-corrected chi connectivity index (χ0v) is 14.7. The molecule has 5 aromatic rings. The van der Waals surface area contributed by atoms with Gasteiger partial charge >= 0.3 is 0 Å². The molecule has 0 fully saturated rings. The molecule has 4 aromatic carbocycles. The van der Waals surface area contributed by atoms with Crippen LogP contribution in [0.1, 0.15) is 5.56 Å². The third-order valence-corrected chi connectivity index (χ3v) is 5.08. The van der Waals surface area contributed by atoms with E-state index in [-0.39, 0.29) is 0 Å². The largest absolute Gasteiger partial charge is 0.309 e. The minimum absolute atomic E-state index is 1.20. The molecule has 0 aliphatic heterocycles. The first-order chi connectivity index (χ1) is 12.8. The van der Waals surface area contributed by atoms with Gasteiger partial charge in [-0.3, -0.25) is 0 Å². The molecule has 0 radical (unpaired) electrons. The maximum absolute atomic E-state index is 2.38. The van der Waals surface area contributed by atoms with Gasteiger partial charge in [0, 0.05) is 16.5 Å². The Morgan fingerprint density at radius 1 is 0.577 bits per heavy atom. The van der Waals surface area contributed by atoms with Crippen molar-refractivity contribution in [3.63, 3.8) is 0 Å². The van der Waals surface area contributed by atoms with Crippen LogP contribution >= 0.6 is 0 Å². The Balaban J connectivity index is 1.91. The number of nitrogens with zero attached hydrogens (tertiary/aromatic N) is 1. The van der Waals surface area contributed by atoms with Gasteiger partial charge in [-0.1, -0.05) is 66.7 Å². The van der Waals surface area contributed by atoms with Crippen LogP contribution in [0, 0.1) is 6.92 Å². The van der Waals surface area contributed by atoms with Gasteiger partial charge in [-0.05, 0) is 53.9 Å². The molecule has 0 bridgehead atoms. The summed E-state index contributed by atoms with van der Waals surface area (Å²) in [4.78, 5) is 0. The smallest absolute Gasteiger partial charge is 0.0570 e. The molecule has 1 heterocycles. The van der Waals surface area contributed by atoms with Gasteiger partial charge in [0.1, 0.15) is 0 Å². The lowest BCUT2D eigenvalue weighted by molar-refractivity contribution is 1.17. The molecule has 0 N–H and O–H groups in total. The summed E-state index contributed by atoms with van der Waals surface area (Å²) in [6, 6.07) is 34.6. The van der Waals surface area contributed by atoms with Gasteiger partial charge in [0.15, 0.2) is 0 Å². The Kier molecular flexibility index (Phi) is 3.39. The molecule has 26 heavy (non-hydrogen) atoms. The topological polar surface area (TPSA) is 4.93 Å². The summed E-state index contributed by atoms with van der Waals surface area (Å²) in [6.07, 6.45) is 0. The molecule has 0 saturated carbocycles. The lowest BCUT2D eigenvalue weighted by Gasteiger charge is -2.11. The maximum atomic E-state index is 2.38. The predicted molar refractivity (Wildman–Crippen MR) is 111 cm³/mol. The van der Waals surface area contributed by atoms with Crippen LogP contribution < -0.4 is 0 Å². The van der Waals surface area contributed by atoms with E-state index in [4.69, 9.17) is 0 Å². The van der Waals surface area contributed by atoms with E-state index in [0.29, 0.717) is 0 Å². The number of hydrogen-bond donors (Lipinski definition) is 0. The SMILES string of the molecule is Cc1cc(-c2ccccc2)cc2c3ccccc3n(-c3ccccc3)c12. The summed E-state index contributed by atoms with van der Waals surface area (Å²) in [5, 5.41) is 2.61. The fourth-order valence-electron chi connectivity index (χ4n) is 3.94. The zero-order chi connectivity index (χ0) is 17.5. The molecule has 0 aliphatic carbocycles. The number of aromatic nitrogens is 1. The number of para-hydroxylation sites is 2. The van der Waals surface area contributed by atoms with Gasteiger partial charge in [0.25, 0.3) is 0 Å². The van der Waals surface area contributed by atoms with E-state index in [2.05, 4.69) is 109 Å². The Bertz CT molecular complexity index is 1210. The molecule has 1 heteroatoms. The second kappa shape index (κ2) is 5.89. The highest BCUT2D eigenvalue weighted by Gasteiger charge is 2.15. The minimum Gasteiger partial charge on any atom is -0.309 e. The average molecular weight is 333 g/mol. The van der Waals surface area contributed by atoms with Crippen LogP contribution in [-0.2, 0) is 0 Å². The summed E-state index contributed by atoms with van der Waals surface area (Å²) in [6.45, 7) is 2.22. The van der Waals surface area contributed by atoms with E-state index in [9.17, 15) is 0 Å². The molecule has 0 unspecified atom stereocenters. The van der Waals surface area contributed by atoms with Crippen LogP contribution in [0.4, 0.5) is 0 Å². The van der Waals surface area contributed by atoms with E-state index in [1.54, 1.807) is 0 Å². The Labute approximate surface area is 153 Å². The molecule has 0 spiro atoms. The Morgan fingerprint density at radius 2 is 1.23 bits per heavy atom. The standard InChI is InChI=1S/C25H19N/c1-18-16-20(19-10-4-2-5-11-19)17-23-22-14-8-9-15-24(22)26(25(18)23)21-12-6-3-7-13-21/h2-17H,1H3. The fourth-order valence-corrected chi connectivity index (χ4v) is 3.94. The number of rotatable bonds is 2. The second-order valence-corrected chi connectivity index (χ2v) is 6.74. The molecule has 0 aliphatic rings. The predicted octanol–water partition coefficient (Wildman–Crippen LogP) is 6.76. The number of benzene rings is 4. The van der Waals surface area contributed by atoms with Gasteiger partial charge in [0.05, 0.1) is 11.0 Å². The van der Waals surface area contributed by atoms with E-state index < -0.39 is 0 Å². The van der Waals surface area contributed by atoms with Gasteiger partial charge in [-0.15, -0.1) is 0 Å². The number of fused-ring (bicyclic) bond motifs is 3. The third-order valence-electron chi connectivity index (χ3n) is 5.08. The lowest BCUT2D eigenvalue weighted by Crippen LogP contribution is -1.95. The molecule has 0 amide bonds. The van der Waals surface area contributed by atoms with Gasteiger partial charge in [-0.2, -0.15) is 0 Å². The van der Waals surface area contributed by atoms with Crippen molar-refractivity contribution in [3.8, 4) is 16.8 Å². The van der Waals surface area contributed by atoms with Crippen molar-refractivity contribution in [1.82, 2.24) is 4.57 Å². The number of aryl methyl sites for hydroxylation is 1. The molecule has 1 nitrogen and oxygen atoms in total. The van der Waals surface area contributed by atoms with Crippen LogP contribution in [-0.4, -0.2) is 4.57 Å². The molecule has 5 rings (SSSR count). The van der Waals surface area contributed by atoms with Crippen LogP contribution in [0.2, 0.25) is 0 Å². The van der Waals surface area contributed by atoms with Crippen LogP contribution in [0.5, 0.6) is 0 Å². The Hall–Kier alpha value is -3.32. The summed E-state index contributed by atoms with van der Waals surface area (Å²) in [5.41, 5.74) is 7.57. The van der Waals surface area contributed by atoms with Crippen LogP contribution in [0.15, 0.2) is 97.1 Å². The van der Waals surface area contributed by atoms with E-state index >= 15 is 0 Å². The van der Waals surface area contributed by atoms with Crippen molar-refractivity contribution in [1.29, 1.82) is 0 Å². The van der Waals surface area contributed by atoms with Crippen LogP contribution in [0.3, 0.4) is 0 Å². The van der Waals surface area contributed by atoms with Crippen molar-refractivity contribution >= 4 is 21.8 Å². The fraction of sp³-hybridized carbons (Fsp3) is 0.0400. The van der Waals surface area contributed by atoms with Crippen LogP contribution in [0.25, 0.3) is 38.6 Å². The Morgan fingerprint density at radius 3 is 2.00 bits per heavy atom.